The van der Waals surface area contributed by atoms with Crippen molar-refractivity contribution in [2.75, 3.05) is 6.54 Å². The van der Waals surface area contributed by atoms with Gasteiger partial charge in [-0.1, -0.05) is 0 Å². The first-order valence-electron chi connectivity index (χ1n) is 6.02. The van der Waals surface area contributed by atoms with Crippen molar-refractivity contribution in [1.82, 2.24) is 4.90 Å². The van der Waals surface area contributed by atoms with Crippen molar-refractivity contribution in [3.63, 3.8) is 0 Å². The zero-order valence-electron chi connectivity index (χ0n) is 11.4. The molecule has 16 heavy (non-hydrogen) atoms. The number of nitrogens with zero attached hydrogens (tertiary/aromatic N) is 2. The maximum absolute atomic E-state index is 8.91. The van der Waals surface area contributed by atoms with Crippen LogP contribution in [0.5, 0.6) is 0 Å². The van der Waals surface area contributed by atoms with E-state index in [1.54, 1.807) is 0 Å². The highest BCUT2D eigenvalue weighted by atomic mass is 16.5. The van der Waals surface area contributed by atoms with E-state index in [9.17, 15) is 0 Å². The third-order valence-electron chi connectivity index (χ3n) is 3.34. The van der Waals surface area contributed by atoms with E-state index >= 15 is 0 Å². The van der Waals surface area contributed by atoms with Crippen molar-refractivity contribution in [3.8, 4) is 6.07 Å². The SMILES string of the molecule is CC(C)N(CC#N)C1CC(C)(C)OC1(C)C. The van der Waals surface area contributed by atoms with Gasteiger partial charge in [0, 0.05) is 12.1 Å². The van der Waals surface area contributed by atoms with Crippen molar-refractivity contribution < 1.29 is 4.74 Å². The van der Waals surface area contributed by atoms with Crippen LogP contribution in [-0.2, 0) is 4.74 Å². The van der Waals surface area contributed by atoms with Crippen LogP contribution in [0.15, 0.2) is 0 Å². The third-order valence-corrected chi connectivity index (χ3v) is 3.34. The second-order valence-electron chi connectivity index (χ2n) is 6.11. The lowest BCUT2D eigenvalue weighted by atomic mass is 9.92. The molecule has 0 aromatic carbocycles. The molecule has 1 unspecified atom stereocenters. The molecule has 1 atom stereocenters. The molecule has 0 spiro atoms. The molecular formula is C13H24N2O. The molecular weight excluding hydrogens is 200 g/mol. The molecule has 3 nitrogen and oxygen atoms in total. The van der Waals surface area contributed by atoms with Gasteiger partial charge in [-0.3, -0.25) is 4.90 Å². The first-order chi connectivity index (χ1) is 7.19. The molecule has 1 rings (SSSR count). The highest BCUT2D eigenvalue weighted by molar-refractivity contribution is 5.02. The van der Waals surface area contributed by atoms with Crippen LogP contribution in [0, 0.1) is 11.3 Å². The molecule has 0 aromatic rings. The predicted molar refractivity (Wildman–Crippen MR) is 65.1 cm³/mol. The van der Waals surface area contributed by atoms with Gasteiger partial charge >= 0.3 is 0 Å². The molecule has 0 bridgehead atoms. The molecule has 0 aliphatic carbocycles. The van der Waals surface area contributed by atoms with Crippen LogP contribution < -0.4 is 0 Å². The molecule has 92 valence electrons. The minimum absolute atomic E-state index is 0.0865. The van der Waals surface area contributed by atoms with E-state index in [2.05, 4.69) is 52.5 Å². The van der Waals surface area contributed by atoms with Crippen LogP contribution in [0.25, 0.3) is 0 Å². The van der Waals surface area contributed by atoms with E-state index in [0.29, 0.717) is 18.6 Å². The van der Waals surface area contributed by atoms with E-state index in [0.717, 1.165) is 6.42 Å². The highest BCUT2D eigenvalue weighted by Crippen LogP contribution is 2.40. The highest BCUT2D eigenvalue weighted by Gasteiger charge is 2.48. The van der Waals surface area contributed by atoms with E-state index in [-0.39, 0.29) is 11.2 Å². The number of nitriles is 1. The number of rotatable bonds is 3. The van der Waals surface area contributed by atoms with Crippen molar-refractivity contribution in [2.24, 2.45) is 0 Å². The quantitative estimate of drug-likeness (QED) is 0.691. The van der Waals surface area contributed by atoms with Crippen LogP contribution in [-0.4, -0.2) is 34.7 Å². The van der Waals surface area contributed by atoms with Crippen molar-refractivity contribution >= 4 is 0 Å². The lowest BCUT2D eigenvalue weighted by Crippen LogP contribution is -2.49. The monoisotopic (exact) mass is 224 g/mol. The van der Waals surface area contributed by atoms with E-state index in [1.165, 1.54) is 0 Å². The van der Waals surface area contributed by atoms with Gasteiger partial charge < -0.3 is 4.74 Å². The zero-order valence-corrected chi connectivity index (χ0v) is 11.4. The summed E-state index contributed by atoms with van der Waals surface area (Å²) in [7, 11) is 0. The summed E-state index contributed by atoms with van der Waals surface area (Å²) >= 11 is 0. The molecule has 3 heteroatoms. The predicted octanol–water partition coefficient (Wildman–Crippen LogP) is 2.57. The van der Waals surface area contributed by atoms with Gasteiger partial charge in [0.1, 0.15) is 0 Å². The van der Waals surface area contributed by atoms with Gasteiger partial charge in [-0.25, -0.2) is 0 Å². The van der Waals surface area contributed by atoms with E-state index in [4.69, 9.17) is 10.00 Å². The van der Waals surface area contributed by atoms with Gasteiger partial charge in [-0.2, -0.15) is 5.26 Å². The maximum atomic E-state index is 8.91. The molecule has 1 aliphatic rings. The Morgan fingerprint density at radius 2 is 1.94 bits per heavy atom. The Balaban J connectivity index is 2.90. The number of ether oxygens (including phenoxy) is 1. The Hall–Kier alpha value is -0.590. The fourth-order valence-corrected chi connectivity index (χ4v) is 2.78. The standard InChI is InChI=1S/C13H24N2O/c1-10(2)15(8-7-14)11-9-12(3,4)16-13(11,5)6/h10-11H,8-9H2,1-6H3. The van der Waals surface area contributed by atoms with Gasteiger partial charge in [-0.05, 0) is 48.0 Å². The summed E-state index contributed by atoms with van der Waals surface area (Å²) in [6.07, 6.45) is 0.986. The van der Waals surface area contributed by atoms with Crippen LogP contribution in [0.2, 0.25) is 0 Å². The topological polar surface area (TPSA) is 36.3 Å². The van der Waals surface area contributed by atoms with Crippen molar-refractivity contribution in [2.45, 2.75) is 71.2 Å². The van der Waals surface area contributed by atoms with Crippen molar-refractivity contribution in [3.05, 3.63) is 0 Å². The zero-order chi connectivity index (χ0) is 12.6. The van der Waals surface area contributed by atoms with Gasteiger partial charge in [0.15, 0.2) is 0 Å². The molecule has 0 amide bonds. The lowest BCUT2D eigenvalue weighted by Gasteiger charge is -2.37. The molecule has 0 radical (unpaired) electrons. The van der Waals surface area contributed by atoms with Crippen LogP contribution in [0.1, 0.15) is 48.0 Å². The Labute approximate surface area is 99.4 Å². The van der Waals surface area contributed by atoms with Crippen LogP contribution in [0.4, 0.5) is 0 Å². The second kappa shape index (κ2) is 4.35. The summed E-state index contributed by atoms with van der Waals surface area (Å²) in [5.41, 5.74) is -0.263. The summed E-state index contributed by atoms with van der Waals surface area (Å²) in [6, 6.07) is 2.96. The number of hydrogen-bond donors (Lipinski definition) is 0. The van der Waals surface area contributed by atoms with Gasteiger partial charge in [0.2, 0.25) is 0 Å². The molecule has 1 saturated heterocycles. The Kier molecular flexibility index (Phi) is 3.66. The number of hydrogen-bond acceptors (Lipinski definition) is 3. The van der Waals surface area contributed by atoms with Crippen LogP contribution >= 0.6 is 0 Å². The normalized spacial score (nSPS) is 27.3. The fourth-order valence-electron chi connectivity index (χ4n) is 2.78. The second-order valence-corrected chi connectivity index (χ2v) is 6.11. The first kappa shape index (κ1) is 13.5. The molecule has 1 heterocycles. The summed E-state index contributed by atoms with van der Waals surface area (Å²) < 4.78 is 6.08. The maximum Gasteiger partial charge on any atom is 0.0871 e. The first-order valence-corrected chi connectivity index (χ1v) is 6.02. The Morgan fingerprint density at radius 1 is 1.38 bits per heavy atom. The van der Waals surface area contributed by atoms with E-state index in [1.807, 2.05) is 0 Å². The molecule has 0 aromatic heterocycles. The minimum atomic E-state index is -0.176. The summed E-state index contributed by atoms with van der Waals surface area (Å²) in [6.45, 7) is 13.3. The summed E-state index contributed by atoms with van der Waals surface area (Å²) in [5, 5.41) is 8.91. The largest absolute Gasteiger partial charge is 0.368 e. The van der Waals surface area contributed by atoms with Crippen molar-refractivity contribution in [1.29, 1.82) is 5.26 Å². The smallest absolute Gasteiger partial charge is 0.0871 e. The summed E-state index contributed by atoms with van der Waals surface area (Å²) in [4.78, 5) is 2.24. The van der Waals surface area contributed by atoms with Gasteiger partial charge in [0.25, 0.3) is 0 Å². The van der Waals surface area contributed by atoms with Crippen LogP contribution in [0.3, 0.4) is 0 Å². The molecule has 1 aliphatic heterocycles. The average molecular weight is 224 g/mol. The summed E-state index contributed by atoms with van der Waals surface area (Å²) in [5.74, 6) is 0. The molecule has 1 fully saturated rings. The minimum Gasteiger partial charge on any atom is -0.368 e. The fraction of sp³-hybridized carbons (Fsp3) is 0.923. The van der Waals surface area contributed by atoms with Gasteiger partial charge in [-0.15, -0.1) is 0 Å². The molecule has 0 saturated carbocycles. The molecule has 0 N–H and O–H groups in total. The van der Waals surface area contributed by atoms with E-state index < -0.39 is 0 Å². The lowest BCUT2D eigenvalue weighted by molar-refractivity contribution is -0.0819. The Bertz CT molecular complexity index is 289. The third kappa shape index (κ3) is 2.75. The van der Waals surface area contributed by atoms with Gasteiger partial charge in [0.05, 0.1) is 23.8 Å². The Morgan fingerprint density at radius 3 is 2.25 bits per heavy atom. The average Bonchev–Trinajstić information content (AvgIpc) is 2.29.